The smallest absolute Gasteiger partial charge is 0.255 e. The van der Waals surface area contributed by atoms with Crippen LogP contribution in [-0.4, -0.2) is 25.5 Å². The molecule has 0 aliphatic rings. The van der Waals surface area contributed by atoms with Crippen LogP contribution in [0.25, 0.3) is 0 Å². The van der Waals surface area contributed by atoms with E-state index in [0.717, 1.165) is 11.3 Å². The van der Waals surface area contributed by atoms with Gasteiger partial charge in [0.1, 0.15) is 11.6 Å². The molecule has 0 saturated heterocycles. The molecule has 0 radical (unpaired) electrons. The molecule has 0 bridgehead atoms. The summed E-state index contributed by atoms with van der Waals surface area (Å²) >= 11 is 0. The quantitative estimate of drug-likeness (QED) is 0.637. The second-order valence-corrected chi connectivity index (χ2v) is 6.36. The third kappa shape index (κ3) is 5.42. The van der Waals surface area contributed by atoms with E-state index in [4.69, 9.17) is 4.74 Å². The van der Waals surface area contributed by atoms with Crippen molar-refractivity contribution in [2.75, 3.05) is 19.0 Å². The number of ether oxygens (including phenoxy) is 1. The highest BCUT2D eigenvalue weighted by Crippen LogP contribution is 2.17. The van der Waals surface area contributed by atoms with Gasteiger partial charge in [-0.1, -0.05) is 18.2 Å². The monoisotopic (exact) mass is 392 g/mol. The van der Waals surface area contributed by atoms with Gasteiger partial charge in [0.15, 0.2) is 0 Å². The van der Waals surface area contributed by atoms with Gasteiger partial charge in [0.25, 0.3) is 11.8 Å². The molecule has 2 N–H and O–H groups in total. The Bertz CT molecular complexity index is 986. The minimum atomic E-state index is -0.371. The number of methoxy groups -OCH3 is 1. The van der Waals surface area contributed by atoms with Crippen LogP contribution in [-0.2, 0) is 6.42 Å². The second-order valence-electron chi connectivity index (χ2n) is 6.36. The number of carbonyl (C=O) groups excluding carboxylic acids is 2. The number of amides is 2. The molecular weight excluding hydrogens is 371 g/mol. The van der Waals surface area contributed by atoms with Crippen molar-refractivity contribution in [1.82, 2.24) is 5.32 Å². The molecule has 3 aromatic rings. The number of halogens is 1. The topological polar surface area (TPSA) is 67.4 Å². The molecule has 0 aliphatic carbocycles. The van der Waals surface area contributed by atoms with Crippen molar-refractivity contribution in [2.24, 2.45) is 0 Å². The highest BCUT2D eigenvalue weighted by atomic mass is 19.1. The number of hydrogen-bond donors (Lipinski definition) is 2. The largest absolute Gasteiger partial charge is 0.496 e. The summed E-state index contributed by atoms with van der Waals surface area (Å²) in [5.41, 5.74) is 2.38. The summed E-state index contributed by atoms with van der Waals surface area (Å²) in [5, 5.41) is 5.54. The first-order valence-electron chi connectivity index (χ1n) is 9.14. The average Bonchev–Trinajstić information content (AvgIpc) is 2.75. The molecule has 29 heavy (non-hydrogen) atoms. The molecule has 3 rings (SSSR count). The fourth-order valence-corrected chi connectivity index (χ4v) is 2.83. The van der Waals surface area contributed by atoms with Gasteiger partial charge in [-0.2, -0.15) is 0 Å². The Morgan fingerprint density at radius 2 is 1.48 bits per heavy atom. The first kappa shape index (κ1) is 20.1. The van der Waals surface area contributed by atoms with Crippen molar-refractivity contribution < 1.29 is 18.7 Å². The minimum absolute atomic E-state index is 0.217. The number of benzene rings is 3. The van der Waals surface area contributed by atoms with Crippen LogP contribution in [0, 0.1) is 5.82 Å². The first-order chi connectivity index (χ1) is 14.1. The van der Waals surface area contributed by atoms with E-state index < -0.39 is 0 Å². The maximum Gasteiger partial charge on any atom is 0.255 e. The van der Waals surface area contributed by atoms with E-state index >= 15 is 0 Å². The maximum atomic E-state index is 12.9. The van der Waals surface area contributed by atoms with E-state index in [-0.39, 0.29) is 17.6 Å². The van der Waals surface area contributed by atoms with Crippen LogP contribution in [0.4, 0.5) is 10.1 Å². The van der Waals surface area contributed by atoms with Gasteiger partial charge in [-0.05, 0) is 66.6 Å². The van der Waals surface area contributed by atoms with Gasteiger partial charge >= 0.3 is 0 Å². The molecule has 0 saturated carbocycles. The van der Waals surface area contributed by atoms with Crippen LogP contribution in [0.2, 0.25) is 0 Å². The van der Waals surface area contributed by atoms with Crippen molar-refractivity contribution in [2.45, 2.75) is 6.42 Å². The van der Waals surface area contributed by atoms with Gasteiger partial charge in [0.05, 0.1) is 7.11 Å². The standard InChI is InChI=1S/C23H21FN2O3/c1-29-21-5-3-2-4-16(21)14-15-25-22(27)17-6-8-18(9-7-17)23(28)26-20-12-10-19(24)11-13-20/h2-13H,14-15H2,1H3,(H,25,27)(H,26,28). The number of para-hydroxylation sites is 1. The molecule has 0 aliphatic heterocycles. The van der Waals surface area contributed by atoms with Gasteiger partial charge in [-0.25, -0.2) is 4.39 Å². The Morgan fingerprint density at radius 1 is 0.862 bits per heavy atom. The molecule has 148 valence electrons. The lowest BCUT2D eigenvalue weighted by Crippen LogP contribution is -2.25. The van der Waals surface area contributed by atoms with Gasteiger partial charge in [-0.3, -0.25) is 9.59 Å². The van der Waals surface area contributed by atoms with Gasteiger partial charge in [-0.15, -0.1) is 0 Å². The van der Waals surface area contributed by atoms with Gasteiger partial charge in [0, 0.05) is 23.4 Å². The molecule has 3 aromatic carbocycles. The number of rotatable bonds is 7. The molecule has 0 aromatic heterocycles. The lowest BCUT2D eigenvalue weighted by Gasteiger charge is -2.09. The zero-order valence-corrected chi connectivity index (χ0v) is 15.9. The van der Waals surface area contributed by atoms with E-state index in [1.807, 2.05) is 24.3 Å². The normalized spacial score (nSPS) is 10.3. The Balaban J connectivity index is 1.54. The molecule has 0 atom stereocenters. The predicted octanol–water partition coefficient (Wildman–Crippen LogP) is 4.06. The minimum Gasteiger partial charge on any atom is -0.496 e. The Labute approximate surface area is 168 Å². The van der Waals surface area contributed by atoms with Crippen LogP contribution in [0.1, 0.15) is 26.3 Å². The van der Waals surface area contributed by atoms with Crippen LogP contribution < -0.4 is 15.4 Å². The van der Waals surface area contributed by atoms with Crippen molar-refractivity contribution in [3.63, 3.8) is 0 Å². The number of anilines is 1. The molecule has 5 nitrogen and oxygen atoms in total. The SMILES string of the molecule is COc1ccccc1CCNC(=O)c1ccc(C(=O)Nc2ccc(F)cc2)cc1. The summed E-state index contributed by atoms with van der Waals surface area (Å²) in [5.74, 6) is -0.132. The summed E-state index contributed by atoms with van der Waals surface area (Å²) in [6.45, 7) is 0.464. The summed E-state index contributed by atoms with van der Waals surface area (Å²) in [6.07, 6.45) is 0.647. The molecular formula is C23H21FN2O3. The molecule has 6 heteroatoms. The van der Waals surface area contributed by atoms with Crippen LogP contribution >= 0.6 is 0 Å². The number of hydrogen-bond acceptors (Lipinski definition) is 3. The van der Waals surface area contributed by atoms with Crippen LogP contribution in [0.3, 0.4) is 0 Å². The van der Waals surface area contributed by atoms with Crippen molar-refractivity contribution >= 4 is 17.5 Å². The molecule has 0 spiro atoms. The lowest BCUT2D eigenvalue weighted by molar-refractivity contribution is 0.0952. The van der Waals surface area contributed by atoms with E-state index in [1.54, 1.807) is 31.4 Å². The molecule has 0 unspecified atom stereocenters. The van der Waals surface area contributed by atoms with Crippen molar-refractivity contribution in [3.8, 4) is 5.75 Å². The summed E-state index contributed by atoms with van der Waals surface area (Å²) < 4.78 is 18.2. The fraction of sp³-hybridized carbons (Fsp3) is 0.130. The van der Waals surface area contributed by atoms with Crippen molar-refractivity contribution in [3.05, 3.63) is 95.3 Å². The lowest BCUT2D eigenvalue weighted by atomic mass is 10.1. The Hall–Kier alpha value is -3.67. The average molecular weight is 392 g/mol. The fourth-order valence-electron chi connectivity index (χ4n) is 2.83. The molecule has 0 fully saturated rings. The highest BCUT2D eigenvalue weighted by molar-refractivity contribution is 6.05. The van der Waals surface area contributed by atoms with Gasteiger partial charge < -0.3 is 15.4 Å². The second kappa shape index (κ2) is 9.50. The van der Waals surface area contributed by atoms with Crippen LogP contribution in [0.5, 0.6) is 5.75 Å². The van der Waals surface area contributed by atoms with Crippen LogP contribution in [0.15, 0.2) is 72.8 Å². The first-order valence-corrected chi connectivity index (χ1v) is 9.14. The van der Waals surface area contributed by atoms with E-state index in [9.17, 15) is 14.0 Å². The maximum absolute atomic E-state index is 12.9. The van der Waals surface area contributed by atoms with Crippen molar-refractivity contribution in [1.29, 1.82) is 0 Å². The molecule has 2 amide bonds. The third-order valence-corrected chi connectivity index (χ3v) is 4.38. The predicted molar refractivity (Wildman–Crippen MR) is 110 cm³/mol. The Morgan fingerprint density at radius 3 is 2.14 bits per heavy atom. The van der Waals surface area contributed by atoms with E-state index in [1.165, 1.54) is 24.3 Å². The summed E-state index contributed by atoms with van der Waals surface area (Å²) in [6, 6.07) is 19.5. The third-order valence-electron chi connectivity index (χ3n) is 4.38. The number of nitrogens with one attached hydrogen (secondary N) is 2. The highest BCUT2D eigenvalue weighted by Gasteiger charge is 2.10. The zero-order chi connectivity index (χ0) is 20.6. The van der Waals surface area contributed by atoms with E-state index in [2.05, 4.69) is 10.6 Å². The zero-order valence-electron chi connectivity index (χ0n) is 15.9. The number of carbonyl (C=O) groups is 2. The molecule has 0 heterocycles. The van der Waals surface area contributed by atoms with E-state index in [0.29, 0.717) is 29.8 Å². The Kier molecular flexibility index (Phi) is 6.58. The summed E-state index contributed by atoms with van der Waals surface area (Å²) in [4.78, 5) is 24.6. The van der Waals surface area contributed by atoms with Gasteiger partial charge in [0.2, 0.25) is 0 Å². The summed E-state index contributed by atoms with van der Waals surface area (Å²) in [7, 11) is 1.62.